The summed E-state index contributed by atoms with van der Waals surface area (Å²) < 4.78 is 139. The number of ether oxygens (including phenoxy) is 2. The molecule has 0 aliphatic rings. The number of aromatic nitrogens is 4. The summed E-state index contributed by atoms with van der Waals surface area (Å²) in [6.45, 7) is -18.7. The van der Waals surface area contributed by atoms with Crippen molar-refractivity contribution in [2.45, 2.75) is 39.0 Å². The number of benzene rings is 1. The van der Waals surface area contributed by atoms with Crippen LogP contribution >= 0.6 is 0 Å². The molecule has 3 aromatic rings. The predicted octanol–water partition coefficient (Wildman–Crippen LogP) is 1.15. The van der Waals surface area contributed by atoms with Gasteiger partial charge in [-0.05, 0) is 31.4 Å². The zero-order chi connectivity index (χ0) is 39.8. The van der Waals surface area contributed by atoms with Crippen molar-refractivity contribution in [1.82, 2.24) is 30.4 Å². The van der Waals surface area contributed by atoms with Crippen molar-refractivity contribution in [3.05, 3.63) is 69.3 Å². The molecule has 2 heterocycles. The van der Waals surface area contributed by atoms with E-state index in [0.717, 1.165) is 31.4 Å². The molecule has 3 rings (SSSR count). The molecule has 0 bridgehead atoms. The van der Waals surface area contributed by atoms with E-state index in [2.05, 4.69) is 15.2 Å². The molecule has 0 aliphatic carbocycles. The molecule has 2 N–H and O–H groups in total. The van der Waals surface area contributed by atoms with Crippen molar-refractivity contribution in [1.29, 1.82) is 0 Å². The number of hydrogen-bond donors (Lipinski definition) is 2. The maximum atomic E-state index is 14.0. The van der Waals surface area contributed by atoms with Crippen molar-refractivity contribution in [3.63, 3.8) is 0 Å². The summed E-state index contributed by atoms with van der Waals surface area (Å²) in [6.07, 6.45) is -0.643. The summed E-state index contributed by atoms with van der Waals surface area (Å²) >= 11 is 0. The first-order valence-corrected chi connectivity index (χ1v) is 10.2. The molecule has 0 fully saturated rings. The highest BCUT2D eigenvalue weighted by Gasteiger charge is 2.33. The van der Waals surface area contributed by atoms with E-state index in [4.69, 9.17) is 33.1 Å². The maximum Gasteiger partial charge on any atom is 0.313 e. The van der Waals surface area contributed by atoms with E-state index in [0.29, 0.717) is 0 Å². The van der Waals surface area contributed by atoms with Crippen LogP contribution in [0.5, 0.6) is 5.75 Å². The Morgan fingerprint density at radius 1 is 1.21 bits per heavy atom. The fraction of sp³-hybridized carbons (Fsp3) is 0.375. The Kier molecular flexibility index (Phi) is 4.47. The third-order valence-corrected chi connectivity index (χ3v) is 4.40. The molecule has 0 radical (unpaired) electrons. The SMILES string of the molecule is [2H]C([2H])([2H])c1nnc(C(=O)NC(c2nc(C(=O)NC([2H])([2H])c3ccc(F)cc3)c(OC(=O)CCOC)c(=O)n2C([2H])([2H])[2H])(C([2H])([2H])[2H])C([2H])([2H])[2H])o1. The number of carbonyl (C=O) groups excluding carboxylic acids is 3. The number of halogens is 1. The van der Waals surface area contributed by atoms with Crippen molar-refractivity contribution in [2.75, 3.05) is 13.7 Å². The minimum atomic E-state index is -4.17. The van der Waals surface area contributed by atoms with Crippen LogP contribution in [0.3, 0.4) is 0 Å². The number of nitrogens with zero attached hydrogens (tertiary/aromatic N) is 4. The number of carbonyl (C=O) groups is 3. The topological polar surface area (TPSA) is 168 Å². The number of hydrogen-bond acceptors (Lipinski definition) is 10. The molecule has 14 heteroatoms. The van der Waals surface area contributed by atoms with Gasteiger partial charge in [-0.25, -0.2) is 9.37 Å². The van der Waals surface area contributed by atoms with Crippen molar-refractivity contribution >= 4 is 17.8 Å². The molecular weight excluding hydrogens is 503 g/mol. The fourth-order valence-electron chi connectivity index (χ4n) is 2.67. The summed E-state index contributed by atoms with van der Waals surface area (Å²) in [4.78, 5) is 57.2. The number of methoxy groups -OCH3 is 1. The Morgan fingerprint density at radius 3 is 2.61 bits per heavy atom. The lowest BCUT2D eigenvalue weighted by Gasteiger charge is -2.27. The van der Waals surface area contributed by atoms with Gasteiger partial charge in [0.25, 0.3) is 11.5 Å². The van der Waals surface area contributed by atoms with Gasteiger partial charge in [-0.1, -0.05) is 12.1 Å². The molecule has 0 unspecified atom stereocenters. The summed E-state index contributed by atoms with van der Waals surface area (Å²) in [5.74, 6) is -11.9. The van der Waals surface area contributed by atoms with E-state index >= 15 is 0 Å². The standard InChI is InChI=1S/C24H27FN6O7/c1-13-29-30-21(37-13)20(34)28-24(2,3)23-27-17(19(33)26-12-14-6-8-15(25)9-7-14)18(22(35)31(23)4)38-16(32)10-11-36-5/h6-9H,10-12H2,1-5H3,(H,26,33)(H,28,34)/i1D3,2D3,3D3,4D3,12D2. The molecule has 1 aromatic carbocycles. The van der Waals surface area contributed by atoms with Crippen molar-refractivity contribution in [3.8, 4) is 5.75 Å². The molecule has 0 atom stereocenters. The van der Waals surface area contributed by atoms with Crippen LogP contribution in [0.15, 0.2) is 33.5 Å². The smallest absolute Gasteiger partial charge is 0.313 e. The van der Waals surface area contributed by atoms with Crippen LogP contribution in [0, 0.1) is 12.7 Å². The summed E-state index contributed by atoms with van der Waals surface area (Å²) in [6, 6.07) is 3.41. The van der Waals surface area contributed by atoms with Gasteiger partial charge in [0.1, 0.15) is 11.6 Å². The molecule has 13 nitrogen and oxygen atoms in total. The minimum Gasteiger partial charge on any atom is -0.418 e. The number of rotatable bonds is 10. The number of nitrogens with one attached hydrogen (secondary N) is 2. The van der Waals surface area contributed by atoms with E-state index in [9.17, 15) is 23.6 Å². The molecule has 202 valence electrons. The average molecular weight is 545 g/mol. The third-order valence-electron chi connectivity index (χ3n) is 4.40. The molecule has 0 saturated heterocycles. The highest BCUT2D eigenvalue weighted by molar-refractivity contribution is 5.95. The highest BCUT2D eigenvalue weighted by Crippen LogP contribution is 2.22. The molecule has 2 aromatic heterocycles. The fourth-order valence-corrected chi connectivity index (χ4v) is 2.67. The van der Waals surface area contributed by atoms with Gasteiger partial charge in [-0.15, -0.1) is 10.2 Å². The molecule has 0 aliphatic heterocycles. The van der Waals surface area contributed by atoms with Gasteiger partial charge in [-0.3, -0.25) is 23.7 Å². The van der Waals surface area contributed by atoms with Crippen LogP contribution in [-0.4, -0.2) is 51.2 Å². The van der Waals surface area contributed by atoms with Gasteiger partial charge < -0.3 is 24.5 Å². The summed E-state index contributed by atoms with van der Waals surface area (Å²) in [7, 11) is 1.16. The Labute approximate surface area is 236 Å². The summed E-state index contributed by atoms with van der Waals surface area (Å²) in [5, 5.41) is 9.51. The second-order valence-electron chi connectivity index (χ2n) is 7.17. The van der Waals surface area contributed by atoms with Gasteiger partial charge in [0, 0.05) is 43.9 Å². The van der Waals surface area contributed by atoms with Crippen LogP contribution in [0.2, 0.25) is 0 Å². The van der Waals surface area contributed by atoms with Gasteiger partial charge in [0.2, 0.25) is 11.6 Å². The third kappa shape index (κ3) is 6.64. The monoisotopic (exact) mass is 544 g/mol. The normalized spacial score (nSPS) is 18.4. The lowest BCUT2D eigenvalue weighted by molar-refractivity contribution is -0.135. The molecule has 2 amide bonds. The first kappa shape index (κ1) is 14.5. The second kappa shape index (κ2) is 11.7. The Morgan fingerprint density at radius 2 is 1.97 bits per heavy atom. The van der Waals surface area contributed by atoms with Crippen LogP contribution in [0.4, 0.5) is 4.39 Å². The lowest BCUT2D eigenvalue weighted by Crippen LogP contribution is -2.46. The number of aryl methyl sites for hydroxylation is 1. The maximum absolute atomic E-state index is 14.0. The summed E-state index contributed by atoms with van der Waals surface area (Å²) in [5.41, 5.74) is -8.19. The second-order valence-corrected chi connectivity index (χ2v) is 7.17. The van der Waals surface area contributed by atoms with E-state index in [1.54, 1.807) is 5.32 Å². The van der Waals surface area contributed by atoms with Gasteiger partial charge in [0.05, 0.1) is 21.3 Å². The van der Waals surface area contributed by atoms with Crippen LogP contribution in [0.25, 0.3) is 0 Å². The van der Waals surface area contributed by atoms with E-state index in [1.807, 2.05) is 0 Å². The zero-order valence-corrected chi connectivity index (χ0v) is 19.2. The molecule has 38 heavy (non-hydrogen) atoms. The van der Waals surface area contributed by atoms with Gasteiger partial charge >= 0.3 is 17.8 Å². The molecule has 0 saturated carbocycles. The minimum absolute atomic E-state index is 0.348. The van der Waals surface area contributed by atoms with Crippen LogP contribution < -0.4 is 20.9 Å². The van der Waals surface area contributed by atoms with Crippen LogP contribution in [0.1, 0.15) is 77.8 Å². The zero-order valence-electron chi connectivity index (χ0n) is 33.2. The Hall–Kier alpha value is -4.46. The first-order valence-electron chi connectivity index (χ1n) is 17.2. The molecular formula is C24H27FN6O7. The van der Waals surface area contributed by atoms with Crippen molar-refractivity contribution in [2.24, 2.45) is 6.98 Å². The lowest BCUT2D eigenvalue weighted by atomic mass is 10.0. The quantitative estimate of drug-likeness (QED) is 0.353. The van der Waals surface area contributed by atoms with Crippen LogP contribution in [-0.2, 0) is 28.5 Å². The van der Waals surface area contributed by atoms with Gasteiger partial charge in [-0.2, -0.15) is 0 Å². The average Bonchev–Trinajstić information content (AvgIpc) is 3.49. The predicted molar refractivity (Wildman–Crippen MR) is 129 cm³/mol. The molecule has 0 spiro atoms. The Balaban J connectivity index is 2.47. The van der Waals surface area contributed by atoms with E-state index in [1.165, 1.54) is 5.32 Å². The van der Waals surface area contributed by atoms with Gasteiger partial charge in [0.15, 0.2) is 5.69 Å². The first-order chi connectivity index (χ1) is 23.6. The van der Waals surface area contributed by atoms with Crippen molar-refractivity contribution < 1.29 is 51.9 Å². The number of esters is 1. The Bertz CT molecular complexity index is 1870. The largest absolute Gasteiger partial charge is 0.418 e. The van der Waals surface area contributed by atoms with E-state index < -0.39 is 114 Å². The highest BCUT2D eigenvalue weighted by atomic mass is 19.1. The van der Waals surface area contributed by atoms with E-state index in [-0.39, 0.29) is 6.61 Å². The number of amides is 2.